The third-order valence-electron chi connectivity index (χ3n) is 4.44. The van der Waals surface area contributed by atoms with Crippen LogP contribution >= 0.6 is 0 Å². The molecule has 0 saturated carbocycles. The second kappa shape index (κ2) is 9.58. The fourth-order valence-electron chi connectivity index (χ4n) is 2.86. The molecular weight excluding hydrogens is 428 g/mol. The lowest BCUT2D eigenvalue weighted by molar-refractivity contribution is 0.482. The van der Waals surface area contributed by atoms with Gasteiger partial charge in [-0.3, -0.25) is 0 Å². The summed E-state index contributed by atoms with van der Waals surface area (Å²) >= 11 is 0. The first-order chi connectivity index (χ1) is 15.5. The number of ether oxygens (including phenoxy) is 1. The summed E-state index contributed by atoms with van der Waals surface area (Å²) in [6.07, 6.45) is 1.81. The van der Waals surface area contributed by atoms with E-state index < -0.39 is 10.0 Å². The number of hydrogen-bond donors (Lipinski definition) is 2. The van der Waals surface area contributed by atoms with Crippen molar-refractivity contribution in [3.63, 3.8) is 0 Å². The molecule has 9 nitrogen and oxygen atoms in total. The highest BCUT2D eigenvalue weighted by Crippen LogP contribution is 2.22. The molecule has 0 aliphatic carbocycles. The van der Waals surface area contributed by atoms with Crippen LogP contribution in [0.3, 0.4) is 0 Å². The van der Waals surface area contributed by atoms with Gasteiger partial charge in [0.1, 0.15) is 17.3 Å². The van der Waals surface area contributed by atoms with Crippen LogP contribution in [0.15, 0.2) is 83.9 Å². The molecule has 0 atom stereocenters. The van der Waals surface area contributed by atoms with Crippen LogP contribution in [0.1, 0.15) is 5.69 Å². The zero-order valence-electron chi connectivity index (χ0n) is 17.3. The van der Waals surface area contributed by atoms with Crippen molar-refractivity contribution in [1.82, 2.24) is 24.7 Å². The Balaban J connectivity index is 1.27. The second-order valence-electron chi connectivity index (χ2n) is 6.89. The topological polar surface area (TPSA) is 111 Å². The Morgan fingerprint density at radius 1 is 0.875 bits per heavy atom. The molecule has 164 valence electrons. The van der Waals surface area contributed by atoms with Crippen LogP contribution in [0.4, 0.5) is 5.82 Å². The molecule has 0 aliphatic heterocycles. The van der Waals surface area contributed by atoms with E-state index in [1.54, 1.807) is 28.9 Å². The fraction of sp³-hybridized carbons (Fsp3) is 0.136. The summed E-state index contributed by atoms with van der Waals surface area (Å²) in [6.45, 7) is 2.43. The highest BCUT2D eigenvalue weighted by Gasteiger charge is 2.13. The maximum atomic E-state index is 12.5. The van der Waals surface area contributed by atoms with Gasteiger partial charge in [-0.2, -0.15) is 5.10 Å². The number of aromatic nitrogens is 4. The molecule has 2 aromatic carbocycles. The van der Waals surface area contributed by atoms with Crippen LogP contribution in [0, 0.1) is 6.92 Å². The molecule has 0 bridgehead atoms. The maximum absolute atomic E-state index is 12.5. The van der Waals surface area contributed by atoms with Gasteiger partial charge in [0, 0.05) is 19.3 Å². The van der Waals surface area contributed by atoms with Crippen LogP contribution in [-0.2, 0) is 10.0 Å². The Hall–Kier alpha value is -3.76. The predicted molar refractivity (Wildman–Crippen MR) is 121 cm³/mol. The number of rotatable bonds is 9. The number of nitrogens with zero attached hydrogens (tertiary/aromatic N) is 4. The minimum absolute atomic E-state index is 0.163. The van der Waals surface area contributed by atoms with Gasteiger partial charge < -0.3 is 10.1 Å². The van der Waals surface area contributed by atoms with E-state index in [1.165, 1.54) is 12.1 Å². The number of benzene rings is 2. The quantitative estimate of drug-likeness (QED) is 0.377. The first-order valence-electron chi connectivity index (χ1n) is 9.92. The van der Waals surface area contributed by atoms with Crippen molar-refractivity contribution >= 4 is 15.8 Å². The smallest absolute Gasteiger partial charge is 0.240 e. The molecule has 4 rings (SSSR count). The Morgan fingerprint density at radius 3 is 2.28 bits per heavy atom. The van der Waals surface area contributed by atoms with Crippen LogP contribution in [-0.4, -0.2) is 41.5 Å². The molecule has 0 aliphatic rings. The average Bonchev–Trinajstić information content (AvgIpc) is 3.24. The molecule has 2 heterocycles. The second-order valence-corrected chi connectivity index (χ2v) is 8.66. The van der Waals surface area contributed by atoms with Crippen molar-refractivity contribution in [3.8, 4) is 17.3 Å². The van der Waals surface area contributed by atoms with E-state index in [4.69, 9.17) is 4.74 Å². The number of sulfonamides is 1. The lowest BCUT2D eigenvalue weighted by Crippen LogP contribution is -2.29. The Bertz CT molecular complexity index is 1260. The van der Waals surface area contributed by atoms with Crippen molar-refractivity contribution in [2.75, 3.05) is 18.4 Å². The Labute approximate surface area is 186 Å². The van der Waals surface area contributed by atoms with E-state index in [0.29, 0.717) is 29.7 Å². The molecule has 2 N–H and O–H groups in total. The van der Waals surface area contributed by atoms with Crippen LogP contribution < -0.4 is 14.8 Å². The Morgan fingerprint density at radius 2 is 1.62 bits per heavy atom. The van der Waals surface area contributed by atoms with Gasteiger partial charge in [-0.15, -0.1) is 10.2 Å². The zero-order chi connectivity index (χ0) is 22.4. The SMILES string of the molecule is Cc1ccn(-c2ccc(NCCNS(=O)(=O)c3ccc(Oc4ccccc4)cc3)nn2)n1. The molecule has 10 heteroatoms. The summed E-state index contributed by atoms with van der Waals surface area (Å²) in [5, 5.41) is 15.5. The van der Waals surface area contributed by atoms with Gasteiger partial charge in [0.05, 0.1) is 10.6 Å². The summed E-state index contributed by atoms with van der Waals surface area (Å²) in [6, 6.07) is 21.0. The molecular formula is C22H22N6O3S. The summed E-state index contributed by atoms with van der Waals surface area (Å²) < 4.78 is 34.9. The largest absolute Gasteiger partial charge is 0.457 e. The molecule has 0 amide bonds. The van der Waals surface area contributed by atoms with Gasteiger partial charge in [0.25, 0.3) is 0 Å². The average molecular weight is 451 g/mol. The van der Waals surface area contributed by atoms with E-state index >= 15 is 0 Å². The molecule has 0 radical (unpaired) electrons. The lowest BCUT2D eigenvalue weighted by atomic mass is 10.3. The van der Waals surface area contributed by atoms with Crippen LogP contribution in [0.25, 0.3) is 5.82 Å². The first kappa shape index (κ1) is 21.5. The van der Waals surface area contributed by atoms with Crippen molar-refractivity contribution in [3.05, 3.63) is 84.7 Å². The van der Waals surface area contributed by atoms with Gasteiger partial charge in [0.15, 0.2) is 5.82 Å². The van der Waals surface area contributed by atoms with Gasteiger partial charge in [-0.1, -0.05) is 18.2 Å². The summed E-state index contributed by atoms with van der Waals surface area (Å²) in [5.41, 5.74) is 0.889. The molecule has 0 saturated heterocycles. The number of para-hydroxylation sites is 1. The normalized spacial score (nSPS) is 11.3. The third kappa shape index (κ3) is 5.48. The lowest BCUT2D eigenvalue weighted by Gasteiger charge is -2.10. The van der Waals surface area contributed by atoms with Crippen LogP contribution in [0.2, 0.25) is 0 Å². The first-order valence-corrected chi connectivity index (χ1v) is 11.4. The van der Waals surface area contributed by atoms with Crippen molar-refractivity contribution in [2.45, 2.75) is 11.8 Å². The minimum atomic E-state index is -3.64. The number of nitrogens with one attached hydrogen (secondary N) is 2. The van der Waals surface area contributed by atoms with E-state index in [0.717, 1.165) is 5.69 Å². The van der Waals surface area contributed by atoms with Gasteiger partial charge in [-0.25, -0.2) is 17.8 Å². The zero-order valence-corrected chi connectivity index (χ0v) is 18.2. The van der Waals surface area contributed by atoms with E-state index in [1.807, 2.05) is 49.5 Å². The molecule has 0 fully saturated rings. The summed E-state index contributed by atoms with van der Waals surface area (Å²) in [4.78, 5) is 0.163. The van der Waals surface area contributed by atoms with Crippen molar-refractivity contribution < 1.29 is 13.2 Å². The molecule has 4 aromatic rings. The molecule has 0 spiro atoms. The number of aryl methyl sites for hydroxylation is 1. The summed E-state index contributed by atoms with van der Waals surface area (Å²) in [7, 11) is -3.64. The van der Waals surface area contributed by atoms with Crippen molar-refractivity contribution in [1.29, 1.82) is 0 Å². The van der Waals surface area contributed by atoms with Gasteiger partial charge in [0.2, 0.25) is 10.0 Å². The fourth-order valence-corrected chi connectivity index (χ4v) is 3.89. The molecule has 32 heavy (non-hydrogen) atoms. The molecule has 2 aromatic heterocycles. The maximum Gasteiger partial charge on any atom is 0.240 e. The molecule has 0 unspecified atom stereocenters. The number of anilines is 1. The summed E-state index contributed by atoms with van der Waals surface area (Å²) in [5.74, 6) is 2.38. The monoisotopic (exact) mass is 450 g/mol. The van der Waals surface area contributed by atoms with Gasteiger partial charge in [-0.05, 0) is 61.5 Å². The highest BCUT2D eigenvalue weighted by atomic mass is 32.2. The van der Waals surface area contributed by atoms with Crippen molar-refractivity contribution in [2.24, 2.45) is 0 Å². The third-order valence-corrected chi connectivity index (χ3v) is 5.92. The Kier molecular flexibility index (Phi) is 6.43. The van der Waals surface area contributed by atoms with Gasteiger partial charge >= 0.3 is 0 Å². The van der Waals surface area contributed by atoms with E-state index in [-0.39, 0.29) is 11.4 Å². The highest BCUT2D eigenvalue weighted by molar-refractivity contribution is 7.89. The van der Waals surface area contributed by atoms with E-state index in [9.17, 15) is 8.42 Å². The van der Waals surface area contributed by atoms with Crippen LogP contribution in [0.5, 0.6) is 11.5 Å². The predicted octanol–water partition coefficient (Wildman–Crippen LogP) is 3.15. The standard InChI is InChI=1S/C22H22N6O3S/c1-17-13-16-28(27-17)22-12-11-21(25-26-22)23-14-15-24-32(29,30)20-9-7-19(8-10-20)31-18-5-3-2-4-6-18/h2-13,16,24H,14-15H2,1H3,(H,23,25). The van der Waals surface area contributed by atoms with E-state index in [2.05, 4.69) is 25.3 Å². The number of hydrogen-bond acceptors (Lipinski definition) is 7. The minimum Gasteiger partial charge on any atom is -0.457 e.